The molecular formula is C50H28N2OS. The molecule has 0 unspecified atom stereocenters. The molecule has 3 aromatic heterocycles. The van der Waals surface area contributed by atoms with Crippen molar-refractivity contribution >= 4 is 96.8 Å². The molecule has 0 spiro atoms. The lowest BCUT2D eigenvalue weighted by molar-refractivity contribution is 0.653. The van der Waals surface area contributed by atoms with Crippen molar-refractivity contribution in [3.05, 3.63) is 170 Å². The zero-order valence-corrected chi connectivity index (χ0v) is 29.7. The van der Waals surface area contributed by atoms with Gasteiger partial charge in [0.15, 0.2) is 0 Å². The van der Waals surface area contributed by atoms with Gasteiger partial charge in [0.2, 0.25) is 5.71 Å². The molecule has 0 aliphatic rings. The van der Waals surface area contributed by atoms with Crippen LogP contribution in [0.25, 0.3) is 119 Å². The first-order chi connectivity index (χ1) is 26.8. The van der Waals surface area contributed by atoms with Crippen LogP contribution >= 0.6 is 11.3 Å². The van der Waals surface area contributed by atoms with Gasteiger partial charge >= 0.3 is 0 Å². The van der Waals surface area contributed by atoms with Gasteiger partial charge in [-0.15, -0.1) is 11.3 Å². The fraction of sp³-hybridized carbons (Fsp3) is 0. The topological polar surface area (TPSA) is 38.9 Å². The van der Waals surface area contributed by atoms with Crippen LogP contribution in [0.2, 0.25) is 0 Å². The molecule has 0 fully saturated rings. The van der Waals surface area contributed by atoms with Crippen molar-refractivity contribution in [2.24, 2.45) is 0 Å². The Morgan fingerprint density at radius 1 is 0.389 bits per heavy atom. The van der Waals surface area contributed by atoms with Crippen LogP contribution in [0, 0.1) is 0 Å². The number of hydrogen-bond donors (Lipinski definition) is 0. The number of para-hydroxylation sites is 1. The van der Waals surface area contributed by atoms with Gasteiger partial charge in [-0.3, -0.25) is 0 Å². The summed E-state index contributed by atoms with van der Waals surface area (Å²) in [6.07, 6.45) is 0. The van der Waals surface area contributed by atoms with Gasteiger partial charge in [0.25, 0.3) is 0 Å². The van der Waals surface area contributed by atoms with Crippen molar-refractivity contribution < 1.29 is 4.42 Å². The van der Waals surface area contributed by atoms with Gasteiger partial charge in [0.1, 0.15) is 16.8 Å². The van der Waals surface area contributed by atoms with Crippen LogP contribution in [0.3, 0.4) is 0 Å². The summed E-state index contributed by atoms with van der Waals surface area (Å²) in [6.45, 7) is 0. The first-order valence-corrected chi connectivity index (χ1v) is 19.1. The fourth-order valence-electron chi connectivity index (χ4n) is 8.60. The van der Waals surface area contributed by atoms with Crippen molar-refractivity contribution in [2.75, 3.05) is 0 Å². The second-order valence-corrected chi connectivity index (χ2v) is 15.0. The number of benzene rings is 9. The summed E-state index contributed by atoms with van der Waals surface area (Å²) in [7, 11) is 0. The van der Waals surface area contributed by atoms with E-state index < -0.39 is 0 Å². The van der Waals surface area contributed by atoms with Crippen molar-refractivity contribution in [3.63, 3.8) is 0 Å². The normalized spacial score (nSPS) is 12.1. The molecule has 0 bridgehead atoms. The third-order valence-corrected chi connectivity index (χ3v) is 12.3. The van der Waals surface area contributed by atoms with Gasteiger partial charge in [-0.05, 0) is 67.0 Å². The van der Waals surface area contributed by atoms with Crippen molar-refractivity contribution in [1.82, 2.24) is 9.97 Å². The molecule has 0 saturated heterocycles. The Hall–Kier alpha value is -6.88. The van der Waals surface area contributed by atoms with E-state index in [1.165, 1.54) is 68.8 Å². The molecule has 54 heavy (non-hydrogen) atoms. The maximum Gasteiger partial charge on any atom is 0.246 e. The average Bonchev–Trinajstić information content (AvgIpc) is 3.82. The summed E-state index contributed by atoms with van der Waals surface area (Å²) in [6, 6.07) is 60.7. The Labute approximate surface area is 313 Å². The van der Waals surface area contributed by atoms with Crippen molar-refractivity contribution in [3.8, 4) is 33.6 Å². The molecule has 0 aliphatic carbocycles. The highest BCUT2D eigenvalue weighted by Gasteiger charge is 2.24. The molecule has 0 saturated carbocycles. The third kappa shape index (κ3) is 4.23. The summed E-state index contributed by atoms with van der Waals surface area (Å²) in [5, 5.41) is 13.4. The quantitative estimate of drug-likeness (QED) is 0.172. The van der Waals surface area contributed by atoms with E-state index in [4.69, 9.17) is 14.4 Å². The minimum atomic E-state index is 0.538. The van der Waals surface area contributed by atoms with Crippen LogP contribution in [0.1, 0.15) is 0 Å². The molecular weight excluding hydrogens is 677 g/mol. The largest absolute Gasteiger partial charge is 0.436 e. The number of fused-ring (bicyclic) bond motifs is 15. The standard InChI is InChI=1S/C50H28N2OS/c1-2-12-29(13-3-1)30-22-24-32(25-23-30)45-46(51-47-38-20-10-11-21-41(38)53-50(47)52-45)40-28-33-15-5-6-16-34(33)42-36-18-8-9-19-37(36)43-39-27-26-31-14-4-7-17-35(31)48(39)54-49(43)44(40)42/h1-28H. The van der Waals surface area contributed by atoms with Gasteiger partial charge in [-0.2, -0.15) is 0 Å². The van der Waals surface area contributed by atoms with E-state index in [1.54, 1.807) is 0 Å². The zero-order chi connectivity index (χ0) is 35.3. The number of nitrogens with zero attached hydrogens (tertiary/aromatic N) is 2. The highest BCUT2D eigenvalue weighted by Crippen LogP contribution is 2.51. The predicted molar refractivity (Wildman–Crippen MR) is 229 cm³/mol. The second kappa shape index (κ2) is 11.3. The average molecular weight is 705 g/mol. The van der Waals surface area contributed by atoms with E-state index in [0.717, 1.165) is 44.6 Å². The van der Waals surface area contributed by atoms with Gasteiger partial charge < -0.3 is 4.42 Å². The van der Waals surface area contributed by atoms with E-state index >= 15 is 0 Å². The minimum Gasteiger partial charge on any atom is -0.436 e. The van der Waals surface area contributed by atoms with E-state index in [2.05, 4.69) is 152 Å². The summed E-state index contributed by atoms with van der Waals surface area (Å²) in [5.74, 6) is 0. The Bertz CT molecular complexity index is 3490. The molecule has 250 valence electrons. The first kappa shape index (κ1) is 29.7. The highest BCUT2D eigenvalue weighted by atomic mass is 32.1. The zero-order valence-electron chi connectivity index (χ0n) is 28.9. The lowest BCUT2D eigenvalue weighted by Crippen LogP contribution is -1.96. The maximum atomic E-state index is 6.39. The molecule has 0 N–H and O–H groups in total. The molecule has 4 heteroatoms. The number of hydrogen-bond acceptors (Lipinski definition) is 4. The van der Waals surface area contributed by atoms with Gasteiger partial charge in [0, 0.05) is 42.1 Å². The molecule has 0 amide bonds. The number of thiophene rings is 1. The molecule has 0 radical (unpaired) electrons. The highest BCUT2D eigenvalue weighted by molar-refractivity contribution is 7.28. The predicted octanol–water partition coefficient (Wildman–Crippen LogP) is 14.4. The van der Waals surface area contributed by atoms with Crippen LogP contribution in [-0.2, 0) is 0 Å². The molecule has 3 nitrogen and oxygen atoms in total. The van der Waals surface area contributed by atoms with Crippen LogP contribution in [0.5, 0.6) is 0 Å². The van der Waals surface area contributed by atoms with Crippen molar-refractivity contribution in [1.29, 1.82) is 0 Å². The van der Waals surface area contributed by atoms with Crippen LogP contribution in [-0.4, -0.2) is 9.97 Å². The molecule has 0 aliphatic heterocycles. The lowest BCUT2D eigenvalue weighted by atomic mass is 9.88. The van der Waals surface area contributed by atoms with E-state index in [0.29, 0.717) is 5.71 Å². The fourth-order valence-corrected chi connectivity index (χ4v) is 10.0. The van der Waals surface area contributed by atoms with Gasteiger partial charge in [-0.1, -0.05) is 152 Å². The SMILES string of the molecule is c1ccc(-c2ccc(-c3nc4oc5ccccc5c4nc3-c3cc4ccccc4c4c5ccccc5c5c6ccc7ccccc7c6sc5c34)cc2)cc1. The smallest absolute Gasteiger partial charge is 0.246 e. The molecule has 3 heterocycles. The van der Waals surface area contributed by atoms with Gasteiger partial charge in [0.05, 0.1) is 5.69 Å². The summed E-state index contributed by atoms with van der Waals surface area (Å²) in [5.41, 5.74) is 8.11. The molecule has 9 aromatic carbocycles. The van der Waals surface area contributed by atoms with Crippen LogP contribution in [0.15, 0.2) is 174 Å². The summed E-state index contributed by atoms with van der Waals surface area (Å²) >= 11 is 1.90. The molecule has 0 atom stereocenters. The Morgan fingerprint density at radius 2 is 1.02 bits per heavy atom. The number of furan rings is 1. The van der Waals surface area contributed by atoms with Crippen LogP contribution < -0.4 is 0 Å². The Kier molecular flexibility index (Phi) is 6.21. The molecule has 12 aromatic rings. The number of rotatable bonds is 3. The van der Waals surface area contributed by atoms with E-state index in [1.807, 2.05) is 29.5 Å². The maximum absolute atomic E-state index is 6.39. The summed E-state index contributed by atoms with van der Waals surface area (Å²) < 4.78 is 8.96. The molecule has 12 rings (SSSR count). The number of aromatic nitrogens is 2. The Balaban J connectivity index is 1.27. The minimum absolute atomic E-state index is 0.538. The van der Waals surface area contributed by atoms with Gasteiger partial charge in [-0.25, -0.2) is 9.97 Å². The Morgan fingerprint density at radius 3 is 1.83 bits per heavy atom. The van der Waals surface area contributed by atoms with Crippen molar-refractivity contribution in [2.45, 2.75) is 0 Å². The first-order valence-electron chi connectivity index (χ1n) is 18.2. The second-order valence-electron chi connectivity index (χ2n) is 14.0. The lowest BCUT2D eigenvalue weighted by Gasteiger charge is -2.17. The van der Waals surface area contributed by atoms with E-state index in [9.17, 15) is 0 Å². The van der Waals surface area contributed by atoms with Crippen LogP contribution in [0.4, 0.5) is 0 Å². The third-order valence-electron chi connectivity index (χ3n) is 11.1. The van der Waals surface area contributed by atoms with E-state index in [-0.39, 0.29) is 0 Å². The summed E-state index contributed by atoms with van der Waals surface area (Å²) in [4.78, 5) is 10.9. The monoisotopic (exact) mass is 704 g/mol.